The molecule has 0 atom stereocenters. The highest BCUT2D eigenvalue weighted by Crippen LogP contribution is 2.36. The number of carbonyl (C=O) groups excluding carboxylic acids is 2. The van der Waals surface area contributed by atoms with Gasteiger partial charge < -0.3 is 10.6 Å². The van der Waals surface area contributed by atoms with E-state index in [1.807, 2.05) is 0 Å². The van der Waals surface area contributed by atoms with E-state index in [4.69, 9.17) is 11.6 Å². The molecule has 0 radical (unpaired) electrons. The number of amides is 2. The van der Waals surface area contributed by atoms with Gasteiger partial charge in [0.1, 0.15) is 0 Å². The van der Waals surface area contributed by atoms with Crippen molar-refractivity contribution < 1.29 is 31.5 Å². The molecule has 2 amide bonds. The van der Waals surface area contributed by atoms with Crippen molar-refractivity contribution >= 4 is 34.8 Å². The van der Waals surface area contributed by atoms with E-state index in [2.05, 4.69) is 10.6 Å². The summed E-state index contributed by atoms with van der Waals surface area (Å²) in [6.07, 6.45) is -4.67. The highest BCUT2D eigenvalue weighted by molar-refractivity contribution is 6.31. The zero-order valence-electron chi connectivity index (χ0n) is 14.9. The molecular weight excluding hydrogens is 421 g/mol. The topological polar surface area (TPSA) is 61.4 Å². The van der Waals surface area contributed by atoms with Gasteiger partial charge in [0.15, 0.2) is 11.6 Å². The van der Waals surface area contributed by atoms with Gasteiger partial charge in [-0.15, -0.1) is 0 Å². The number of likely N-dealkylation sites (N-methyl/N-ethyl adjacent to an activating group) is 1. The molecule has 0 saturated carbocycles. The number of hydrogen-bond acceptors (Lipinski definition) is 3. The second-order valence-corrected chi connectivity index (χ2v) is 6.50. The van der Waals surface area contributed by atoms with Crippen molar-refractivity contribution in [1.29, 1.82) is 0 Å². The Hall–Kier alpha value is -2.72. The Morgan fingerprint density at radius 3 is 1.97 bits per heavy atom. The van der Waals surface area contributed by atoms with Crippen molar-refractivity contribution in [2.75, 3.05) is 30.8 Å². The molecule has 0 fully saturated rings. The van der Waals surface area contributed by atoms with E-state index in [9.17, 15) is 31.5 Å². The van der Waals surface area contributed by atoms with E-state index in [-0.39, 0.29) is 24.5 Å². The molecule has 0 heterocycles. The van der Waals surface area contributed by atoms with E-state index in [0.717, 1.165) is 18.2 Å². The monoisotopic (exact) mass is 435 g/mol. The van der Waals surface area contributed by atoms with Crippen LogP contribution in [0.15, 0.2) is 36.4 Å². The van der Waals surface area contributed by atoms with Crippen molar-refractivity contribution in [3.63, 3.8) is 0 Å². The number of carbonyl (C=O) groups is 2. The summed E-state index contributed by atoms with van der Waals surface area (Å²) in [5, 5.41) is 4.12. The van der Waals surface area contributed by atoms with Gasteiger partial charge in [-0.2, -0.15) is 13.2 Å². The molecule has 0 unspecified atom stereocenters. The van der Waals surface area contributed by atoms with Crippen LogP contribution in [0.25, 0.3) is 0 Å². The molecule has 0 aliphatic heterocycles. The largest absolute Gasteiger partial charge is 0.417 e. The van der Waals surface area contributed by atoms with E-state index in [1.165, 1.54) is 24.1 Å². The van der Waals surface area contributed by atoms with E-state index in [1.54, 1.807) is 0 Å². The number of alkyl halides is 3. The van der Waals surface area contributed by atoms with Crippen molar-refractivity contribution in [3.05, 3.63) is 58.6 Å². The molecule has 0 aromatic heterocycles. The fourth-order valence-corrected chi connectivity index (χ4v) is 2.57. The van der Waals surface area contributed by atoms with Crippen LogP contribution < -0.4 is 10.6 Å². The van der Waals surface area contributed by atoms with Gasteiger partial charge in [0.25, 0.3) is 0 Å². The maximum absolute atomic E-state index is 13.1. The van der Waals surface area contributed by atoms with Crippen molar-refractivity contribution in [1.82, 2.24) is 4.90 Å². The molecule has 0 aliphatic carbocycles. The van der Waals surface area contributed by atoms with E-state index in [0.29, 0.717) is 6.07 Å². The molecule has 2 N–H and O–H groups in total. The Morgan fingerprint density at radius 2 is 1.45 bits per heavy atom. The van der Waals surface area contributed by atoms with Crippen LogP contribution in [0, 0.1) is 11.6 Å². The summed E-state index contributed by atoms with van der Waals surface area (Å²) >= 11 is 5.51. The molecule has 0 aliphatic rings. The minimum absolute atomic E-state index is 0.0348. The third-order valence-electron chi connectivity index (χ3n) is 3.59. The fraction of sp³-hybridized carbons (Fsp3) is 0.222. The number of halogens is 6. The molecule has 2 aromatic carbocycles. The minimum atomic E-state index is -4.67. The first-order valence-electron chi connectivity index (χ1n) is 8.05. The molecule has 11 heteroatoms. The van der Waals surface area contributed by atoms with Crippen LogP contribution >= 0.6 is 11.6 Å². The molecule has 29 heavy (non-hydrogen) atoms. The summed E-state index contributed by atoms with van der Waals surface area (Å²) in [5.41, 5.74) is -1.16. The Labute approximate surface area is 167 Å². The van der Waals surface area contributed by atoms with Crippen LogP contribution in [0.5, 0.6) is 0 Å². The van der Waals surface area contributed by atoms with Crippen LogP contribution in [0.2, 0.25) is 5.02 Å². The molecule has 0 spiro atoms. The van der Waals surface area contributed by atoms with E-state index < -0.39 is 40.2 Å². The summed E-state index contributed by atoms with van der Waals surface area (Å²) in [4.78, 5) is 25.2. The van der Waals surface area contributed by atoms with Gasteiger partial charge >= 0.3 is 6.18 Å². The lowest BCUT2D eigenvalue weighted by Crippen LogP contribution is -2.36. The summed E-state index contributed by atoms with van der Waals surface area (Å²) in [5.74, 6) is -3.45. The Balaban J connectivity index is 1.90. The summed E-state index contributed by atoms with van der Waals surface area (Å²) in [6.45, 7) is -0.587. The molecule has 156 valence electrons. The third-order valence-corrected chi connectivity index (χ3v) is 3.92. The average Bonchev–Trinajstić information content (AvgIpc) is 2.58. The maximum atomic E-state index is 13.1. The van der Waals surface area contributed by atoms with Crippen molar-refractivity contribution in [3.8, 4) is 0 Å². The zero-order chi connectivity index (χ0) is 21.8. The normalized spacial score (nSPS) is 11.4. The molecule has 2 aromatic rings. The van der Waals surface area contributed by atoms with Crippen molar-refractivity contribution in [2.45, 2.75) is 6.18 Å². The maximum Gasteiger partial charge on any atom is 0.417 e. The fourth-order valence-electron chi connectivity index (χ4n) is 2.34. The van der Waals surface area contributed by atoms with Gasteiger partial charge in [0, 0.05) is 17.4 Å². The second kappa shape index (κ2) is 9.19. The van der Waals surface area contributed by atoms with Crippen LogP contribution in [0.3, 0.4) is 0 Å². The molecule has 0 bridgehead atoms. The van der Waals surface area contributed by atoms with Gasteiger partial charge in [-0.05, 0) is 37.4 Å². The molecular formula is C18H15ClF5N3O2. The lowest BCUT2D eigenvalue weighted by atomic mass is 10.2. The Bertz CT molecular complexity index is 921. The quantitative estimate of drug-likeness (QED) is 0.670. The number of anilines is 2. The predicted octanol–water partition coefficient (Wildman–Crippen LogP) is 4.15. The lowest BCUT2D eigenvalue weighted by Gasteiger charge is -2.17. The van der Waals surface area contributed by atoms with Gasteiger partial charge in [0.2, 0.25) is 11.8 Å². The number of nitrogens with zero attached hydrogens (tertiary/aromatic N) is 1. The number of hydrogen-bond donors (Lipinski definition) is 2. The number of benzene rings is 2. The standard InChI is InChI=1S/C18H15ClF5N3O2/c1-27(9-17(29)26-11-3-5-14(20)15(21)7-11)8-16(28)25-10-2-4-13(19)12(6-10)18(22,23)24/h2-7H,8-9H2,1H3,(H,25,28)(H,26,29). The predicted molar refractivity (Wildman–Crippen MR) is 97.6 cm³/mol. The van der Waals surface area contributed by atoms with Gasteiger partial charge in [-0.1, -0.05) is 11.6 Å². The Kier molecular flexibility index (Phi) is 7.15. The molecule has 2 rings (SSSR count). The SMILES string of the molecule is CN(CC(=O)Nc1ccc(F)c(F)c1)CC(=O)Nc1ccc(Cl)c(C(F)(F)F)c1. The van der Waals surface area contributed by atoms with Crippen LogP contribution in [0.1, 0.15) is 5.56 Å². The highest BCUT2D eigenvalue weighted by Gasteiger charge is 2.33. The van der Waals surface area contributed by atoms with Crippen LogP contribution in [0.4, 0.5) is 33.3 Å². The summed E-state index contributed by atoms with van der Waals surface area (Å²) in [7, 11) is 1.42. The van der Waals surface area contributed by atoms with Crippen molar-refractivity contribution in [2.24, 2.45) is 0 Å². The molecule has 5 nitrogen and oxygen atoms in total. The number of nitrogens with one attached hydrogen (secondary N) is 2. The molecule has 0 saturated heterocycles. The zero-order valence-corrected chi connectivity index (χ0v) is 15.7. The minimum Gasteiger partial charge on any atom is -0.325 e. The summed E-state index contributed by atoms with van der Waals surface area (Å²) < 4.78 is 64.6. The van der Waals surface area contributed by atoms with E-state index >= 15 is 0 Å². The highest BCUT2D eigenvalue weighted by atomic mass is 35.5. The third kappa shape index (κ3) is 6.68. The van der Waals surface area contributed by atoms with Gasteiger partial charge in [-0.3, -0.25) is 14.5 Å². The Morgan fingerprint density at radius 1 is 0.931 bits per heavy atom. The van der Waals surface area contributed by atoms with Gasteiger partial charge in [-0.25, -0.2) is 8.78 Å². The second-order valence-electron chi connectivity index (χ2n) is 6.09. The van der Waals surface area contributed by atoms with Crippen LogP contribution in [-0.4, -0.2) is 36.9 Å². The lowest BCUT2D eigenvalue weighted by molar-refractivity contribution is -0.137. The van der Waals surface area contributed by atoms with Crippen LogP contribution in [-0.2, 0) is 15.8 Å². The van der Waals surface area contributed by atoms with Gasteiger partial charge in [0.05, 0.1) is 23.7 Å². The first-order chi connectivity index (χ1) is 13.5. The smallest absolute Gasteiger partial charge is 0.325 e. The first kappa shape index (κ1) is 22.6. The first-order valence-corrected chi connectivity index (χ1v) is 8.43. The average molecular weight is 436 g/mol. The number of rotatable bonds is 6. The summed E-state index contributed by atoms with van der Waals surface area (Å²) in [6, 6.07) is 5.75.